The van der Waals surface area contributed by atoms with Crippen LogP contribution in [0.2, 0.25) is 0 Å². The number of hydrogen-bond acceptors (Lipinski definition) is 6. The van der Waals surface area contributed by atoms with Crippen molar-refractivity contribution in [3.63, 3.8) is 0 Å². The summed E-state index contributed by atoms with van der Waals surface area (Å²) in [7, 11) is 4.03. The lowest BCUT2D eigenvalue weighted by atomic mass is 9.99. The van der Waals surface area contributed by atoms with Gasteiger partial charge in [-0.25, -0.2) is 9.97 Å². The summed E-state index contributed by atoms with van der Waals surface area (Å²) in [6.07, 6.45) is -4.06. The number of rotatable bonds is 7. The number of nitrogens with zero attached hydrogens (tertiary/aromatic N) is 4. The molecule has 0 saturated carbocycles. The van der Waals surface area contributed by atoms with Crippen molar-refractivity contribution in [3.8, 4) is 5.75 Å². The second-order valence-electron chi connectivity index (χ2n) is 8.00. The quantitative estimate of drug-likeness (QED) is 0.726. The number of ether oxygens (including phenoxy) is 1. The minimum Gasteiger partial charge on any atom is -0.406 e. The van der Waals surface area contributed by atoms with Crippen molar-refractivity contribution < 1.29 is 17.9 Å². The number of benzene rings is 1. The summed E-state index contributed by atoms with van der Waals surface area (Å²) in [4.78, 5) is 13.6. The maximum Gasteiger partial charge on any atom is 0.573 e. The first-order valence-electron chi connectivity index (χ1n) is 10.0. The molecule has 0 bridgehead atoms. The van der Waals surface area contributed by atoms with E-state index in [9.17, 15) is 13.2 Å². The Morgan fingerprint density at radius 1 is 1.17 bits per heavy atom. The van der Waals surface area contributed by atoms with Crippen molar-refractivity contribution in [3.05, 3.63) is 41.2 Å². The fourth-order valence-corrected chi connectivity index (χ4v) is 3.29. The molecule has 0 aliphatic carbocycles. The van der Waals surface area contributed by atoms with Gasteiger partial charge in [0.2, 0.25) is 0 Å². The molecular weight excluding hydrogens is 395 g/mol. The average Bonchev–Trinajstić information content (AvgIpc) is 2.65. The van der Waals surface area contributed by atoms with Gasteiger partial charge < -0.3 is 19.9 Å². The first kappa shape index (κ1) is 22.1. The Morgan fingerprint density at radius 2 is 1.93 bits per heavy atom. The molecule has 0 saturated heterocycles. The number of aromatic nitrogens is 2. The number of nitrogens with one attached hydrogen (secondary N) is 1. The van der Waals surface area contributed by atoms with Crippen molar-refractivity contribution in [2.24, 2.45) is 0 Å². The summed E-state index contributed by atoms with van der Waals surface area (Å²) in [6.45, 7) is 7.00. The van der Waals surface area contributed by atoms with E-state index in [2.05, 4.69) is 38.7 Å². The summed E-state index contributed by atoms with van der Waals surface area (Å²) in [5, 5.41) is 3.36. The lowest BCUT2D eigenvalue weighted by molar-refractivity contribution is -0.274. The first-order valence-corrected chi connectivity index (χ1v) is 10.0. The highest BCUT2D eigenvalue weighted by atomic mass is 19.4. The van der Waals surface area contributed by atoms with E-state index in [1.54, 1.807) is 6.07 Å². The lowest BCUT2D eigenvalue weighted by Crippen LogP contribution is -2.31. The molecule has 1 N–H and O–H groups in total. The van der Waals surface area contributed by atoms with Crippen LogP contribution in [0, 0.1) is 0 Å². The smallest absolute Gasteiger partial charge is 0.406 e. The molecule has 0 atom stereocenters. The third kappa shape index (κ3) is 5.98. The fraction of sp³-hybridized carbons (Fsp3) is 0.524. The number of fused-ring (bicyclic) bond motifs is 1. The molecule has 0 amide bonds. The molecule has 0 radical (unpaired) electrons. The molecule has 1 aromatic carbocycles. The summed E-state index contributed by atoms with van der Waals surface area (Å²) in [6, 6.07) is 6.48. The Bertz CT molecular complexity index is 870. The number of anilines is 2. The minimum atomic E-state index is -4.68. The van der Waals surface area contributed by atoms with Crippen LogP contribution < -0.4 is 15.0 Å². The van der Waals surface area contributed by atoms with E-state index >= 15 is 0 Å². The molecule has 0 fully saturated rings. The molecule has 164 valence electrons. The van der Waals surface area contributed by atoms with Gasteiger partial charge in [-0.1, -0.05) is 19.9 Å². The predicted molar refractivity (Wildman–Crippen MR) is 111 cm³/mol. The molecule has 30 heavy (non-hydrogen) atoms. The highest BCUT2D eigenvalue weighted by molar-refractivity contribution is 5.52. The van der Waals surface area contributed by atoms with E-state index < -0.39 is 6.36 Å². The Balaban J connectivity index is 1.78. The van der Waals surface area contributed by atoms with Crippen LogP contribution in [-0.4, -0.2) is 55.0 Å². The van der Waals surface area contributed by atoms with Crippen LogP contribution in [0.3, 0.4) is 0 Å². The molecule has 6 nitrogen and oxygen atoms in total. The standard InChI is InChI=1S/C21H28F3N5O/c1-14(2)20-26-18(25-8-10-28(3)4)12-19(27-20)29-9-7-15-11-17(30-21(22,23)24)6-5-16(15)13-29/h5-6,11-12,14H,7-10,13H2,1-4H3,(H,25,26,27). The van der Waals surface area contributed by atoms with Crippen molar-refractivity contribution in [2.75, 3.05) is 43.9 Å². The zero-order valence-electron chi connectivity index (χ0n) is 17.8. The highest BCUT2D eigenvalue weighted by Crippen LogP contribution is 2.30. The summed E-state index contributed by atoms with van der Waals surface area (Å²) < 4.78 is 41.5. The van der Waals surface area contributed by atoms with E-state index in [4.69, 9.17) is 4.98 Å². The van der Waals surface area contributed by atoms with Crippen molar-refractivity contribution in [1.29, 1.82) is 0 Å². The van der Waals surface area contributed by atoms with Crippen LogP contribution in [0.15, 0.2) is 24.3 Å². The molecule has 9 heteroatoms. The van der Waals surface area contributed by atoms with Gasteiger partial charge >= 0.3 is 6.36 Å². The van der Waals surface area contributed by atoms with Gasteiger partial charge in [-0.05, 0) is 43.8 Å². The topological polar surface area (TPSA) is 53.5 Å². The summed E-state index contributed by atoms with van der Waals surface area (Å²) in [5.41, 5.74) is 1.85. The maximum atomic E-state index is 12.5. The van der Waals surface area contributed by atoms with E-state index in [0.29, 0.717) is 19.5 Å². The molecule has 3 rings (SSSR count). The van der Waals surface area contributed by atoms with Crippen LogP contribution in [0.1, 0.15) is 36.7 Å². The number of halogens is 3. The van der Waals surface area contributed by atoms with Gasteiger partial charge in [0.1, 0.15) is 23.2 Å². The van der Waals surface area contributed by atoms with E-state index in [1.807, 2.05) is 20.2 Å². The van der Waals surface area contributed by atoms with Crippen LogP contribution in [-0.2, 0) is 13.0 Å². The minimum absolute atomic E-state index is 0.175. The Hall–Kier alpha value is -2.55. The van der Waals surface area contributed by atoms with Crippen LogP contribution in [0.5, 0.6) is 5.75 Å². The van der Waals surface area contributed by atoms with Gasteiger partial charge in [0.25, 0.3) is 0 Å². The van der Waals surface area contributed by atoms with Crippen LogP contribution in [0.4, 0.5) is 24.8 Å². The largest absolute Gasteiger partial charge is 0.573 e. The summed E-state index contributed by atoms with van der Waals surface area (Å²) >= 11 is 0. The van der Waals surface area contributed by atoms with Gasteiger partial charge in [0.15, 0.2) is 0 Å². The average molecular weight is 423 g/mol. The van der Waals surface area contributed by atoms with Gasteiger partial charge in [0, 0.05) is 38.2 Å². The van der Waals surface area contributed by atoms with Gasteiger partial charge in [0.05, 0.1) is 0 Å². The normalized spacial score (nSPS) is 14.2. The Morgan fingerprint density at radius 3 is 2.60 bits per heavy atom. The number of likely N-dealkylation sites (N-methyl/N-ethyl adjacent to an activating group) is 1. The predicted octanol–water partition coefficient (Wildman–Crippen LogP) is 4.03. The Labute approximate surface area is 175 Å². The number of hydrogen-bond donors (Lipinski definition) is 1. The molecule has 2 heterocycles. The van der Waals surface area contributed by atoms with E-state index in [1.165, 1.54) is 12.1 Å². The number of alkyl halides is 3. The van der Waals surface area contributed by atoms with Gasteiger partial charge in [-0.2, -0.15) is 0 Å². The third-order valence-corrected chi connectivity index (χ3v) is 4.86. The van der Waals surface area contributed by atoms with Crippen molar-refractivity contribution >= 4 is 11.6 Å². The van der Waals surface area contributed by atoms with E-state index in [-0.39, 0.29) is 11.7 Å². The molecule has 1 aliphatic rings. The Kier molecular flexibility index (Phi) is 6.70. The molecule has 1 aliphatic heterocycles. The van der Waals surface area contributed by atoms with Crippen LogP contribution >= 0.6 is 0 Å². The second kappa shape index (κ2) is 9.07. The zero-order valence-corrected chi connectivity index (χ0v) is 17.8. The monoisotopic (exact) mass is 423 g/mol. The molecule has 0 unspecified atom stereocenters. The molecular formula is C21H28F3N5O. The maximum absolute atomic E-state index is 12.5. The van der Waals surface area contributed by atoms with Gasteiger partial charge in [-0.15, -0.1) is 13.2 Å². The SMILES string of the molecule is CC(C)c1nc(NCCN(C)C)cc(N2CCc3cc(OC(F)(F)F)ccc3C2)n1. The zero-order chi connectivity index (χ0) is 21.9. The van der Waals surface area contributed by atoms with Crippen molar-refractivity contribution in [1.82, 2.24) is 14.9 Å². The van der Waals surface area contributed by atoms with E-state index in [0.717, 1.165) is 41.7 Å². The highest BCUT2D eigenvalue weighted by Gasteiger charge is 2.31. The second-order valence-corrected chi connectivity index (χ2v) is 8.00. The first-order chi connectivity index (χ1) is 14.1. The molecule has 2 aromatic rings. The third-order valence-electron chi connectivity index (χ3n) is 4.86. The molecule has 0 spiro atoms. The lowest BCUT2D eigenvalue weighted by Gasteiger charge is -2.30. The van der Waals surface area contributed by atoms with Crippen molar-refractivity contribution in [2.45, 2.75) is 39.1 Å². The fourth-order valence-electron chi connectivity index (χ4n) is 3.29. The molecule has 1 aromatic heterocycles. The van der Waals surface area contributed by atoms with Gasteiger partial charge in [-0.3, -0.25) is 0 Å². The van der Waals surface area contributed by atoms with Crippen LogP contribution in [0.25, 0.3) is 0 Å². The summed E-state index contributed by atoms with van der Waals surface area (Å²) in [5.74, 6) is 2.37.